The second-order valence-electron chi connectivity index (χ2n) is 10.8. The van der Waals surface area contributed by atoms with Crippen LogP contribution >= 0.6 is 15.9 Å². The molecule has 0 aromatic heterocycles. The number of allylic oxidation sites excluding steroid dienone is 4. The van der Waals surface area contributed by atoms with Gasteiger partial charge in [0.25, 0.3) is 10.1 Å². The molecular formula is C24H30BrFO8S. The van der Waals surface area contributed by atoms with Gasteiger partial charge in [-0.15, -0.1) is 0 Å². The summed E-state index contributed by atoms with van der Waals surface area (Å²) < 4.78 is 51.0. The summed E-state index contributed by atoms with van der Waals surface area (Å²) in [5, 5.41) is 11.7. The Labute approximate surface area is 212 Å². The molecule has 3 fully saturated rings. The lowest BCUT2D eigenvalue weighted by Crippen LogP contribution is -2.63. The van der Waals surface area contributed by atoms with E-state index in [1.807, 2.05) is 0 Å². The van der Waals surface area contributed by atoms with Gasteiger partial charge in [0.05, 0.1) is 16.8 Å². The first kappa shape index (κ1) is 26.6. The van der Waals surface area contributed by atoms with E-state index in [0.29, 0.717) is 6.42 Å². The van der Waals surface area contributed by atoms with E-state index in [-0.39, 0.29) is 41.0 Å². The summed E-state index contributed by atoms with van der Waals surface area (Å²) in [6.07, 6.45) is 1.96. The van der Waals surface area contributed by atoms with Crippen LogP contribution in [0.5, 0.6) is 0 Å². The highest BCUT2D eigenvalue weighted by atomic mass is 79.9. The molecule has 0 aromatic carbocycles. The number of aliphatic hydroxyl groups is 1. The number of carbonyl (C=O) groups is 3. The standard InChI is InChI=1S/C24H30BrFO8S/c1-12(27)33-11-20(29)24(30)6-5-14-13-7-17(26)15-8-18(28)16(25)9-22(15,2)21(13)19(10-23(14,24)3)34-35(4,31)32/h8-9,13-14,17,19,21,30H,5-7,10-11H2,1-4H3/t13-,14-,17+,19+,21+,22-,23-,24-/m0/s1. The molecule has 0 radical (unpaired) electrons. The quantitative estimate of drug-likeness (QED) is 0.391. The summed E-state index contributed by atoms with van der Waals surface area (Å²) in [6, 6.07) is 0. The Bertz CT molecular complexity index is 1150. The molecule has 8 nitrogen and oxygen atoms in total. The lowest BCUT2D eigenvalue weighted by Gasteiger charge is -2.60. The van der Waals surface area contributed by atoms with E-state index >= 15 is 4.39 Å². The van der Waals surface area contributed by atoms with Gasteiger partial charge in [-0.1, -0.05) is 19.9 Å². The normalized spacial score (nSPS) is 42.8. The first-order chi connectivity index (χ1) is 16.0. The highest BCUT2D eigenvalue weighted by Crippen LogP contribution is 2.68. The van der Waals surface area contributed by atoms with Crippen LogP contribution in [0.1, 0.15) is 46.5 Å². The number of alkyl halides is 1. The number of halogens is 2. The van der Waals surface area contributed by atoms with Crippen LogP contribution in [-0.4, -0.2) is 61.8 Å². The Balaban J connectivity index is 1.82. The van der Waals surface area contributed by atoms with Crippen molar-refractivity contribution in [3.8, 4) is 0 Å². The van der Waals surface area contributed by atoms with Crippen molar-refractivity contribution in [2.75, 3.05) is 12.9 Å². The SMILES string of the molecule is CC(=O)OCC(=O)[C@@]1(O)CC[C@H]2[C@@H]3C[C@@H](F)C4=CC(=O)C(Br)=C[C@]4(C)[C@H]3[C@H](OS(C)(=O)=O)C[C@@]21C. The summed E-state index contributed by atoms with van der Waals surface area (Å²) in [6.45, 7) is 4.05. The molecule has 0 aromatic rings. The van der Waals surface area contributed by atoms with Crippen molar-refractivity contribution < 1.29 is 41.2 Å². The number of ketones is 2. The third kappa shape index (κ3) is 4.16. The summed E-state index contributed by atoms with van der Waals surface area (Å²) in [7, 11) is -3.96. The van der Waals surface area contributed by atoms with Crippen LogP contribution in [0.2, 0.25) is 0 Å². The fourth-order valence-electron chi connectivity index (χ4n) is 7.42. The van der Waals surface area contributed by atoms with Crippen molar-refractivity contribution in [3.63, 3.8) is 0 Å². The van der Waals surface area contributed by atoms with Gasteiger partial charge in [0, 0.05) is 23.7 Å². The Morgan fingerprint density at radius 1 is 1.31 bits per heavy atom. The third-order valence-electron chi connectivity index (χ3n) is 8.83. The smallest absolute Gasteiger partial charge is 0.303 e. The topological polar surface area (TPSA) is 124 Å². The van der Waals surface area contributed by atoms with E-state index in [0.717, 1.165) is 13.2 Å². The molecule has 11 heteroatoms. The minimum absolute atomic E-state index is 0.0168. The molecular weight excluding hydrogens is 547 g/mol. The van der Waals surface area contributed by atoms with E-state index in [1.165, 1.54) is 6.08 Å². The Hall–Kier alpha value is -1.43. The minimum atomic E-state index is -3.96. The second-order valence-corrected chi connectivity index (χ2v) is 13.3. The molecule has 4 aliphatic rings. The Morgan fingerprint density at radius 2 is 1.97 bits per heavy atom. The predicted octanol–water partition coefficient (Wildman–Crippen LogP) is 2.78. The zero-order chi connectivity index (χ0) is 26.1. The number of rotatable bonds is 5. The van der Waals surface area contributed by atoms with Crippen LogP contribution in [0.3, 0.4) is 0 Å². The Kier molecular flexibility index (Phi) is 6.51. The molecule has 35 heavy (non-hydrogen) atoms. The maximum atomic E-state index is 15.6. The first-order valence-corrected chi connectivity index (χ1v) is 14.2. The molecule has 0 spiro atoms. The minimum Gasteiger partial charge on any atom is -0.458 e. The van der Waals surface area contributed by atoms with Gasteiger partial charge in [-0.3, -0.25) is 18.6 Å². The highest BCUT2D eigenvalue weighted by Gasteiger charge is 2.70. The van der Waals surface area contributed by atoms with E-state index in [4.69, 9.17) is 8.92 Å². The molecule has 4 rings (SSSR count). The largest absolute Gasteiger partial charge is 0.458 e. The van der Waals surface area contributed by atoms with Gasteiger partial charge in [0.1, 0.15) is 11.8 Å². The number of hydrogen-bond donors (Lipinski definition) is 1. The van der Waals surface area contributed by atoms with Crippen LogP contribution in [0.4, 0.5) is 4.39 Å². The second kappa shape index (κ2) is 8.56. The van der Waals surface area contributed by atoms with Gasteiger partial charge in [-0.25, -0.2) is 4.39 Å². The van der Waals surface area contributed by atoms with Crippen LogP contribution in [0.25, 0.3) is 0 Å². The number of esters is 1. The highest BCUT2D eigenvalue weighted by molar-refractivity contribution is 9.12. The molecule has 4 aliphatic carbocycles. The van der Waals surface area contributed by atoms with Gasteiger partial charge >= 0.3 is 5.97 Å². The van der Waals surface area contributed by atoms with Gasteiger partial charge in [-0.05, 0) is 65.1 Å². The fraction of sp³-hybridized carbons (Fsp3) is 0.708. The maximum Gasteiger partial charge on any atom is 0.303 e. The van der Waals surface area contributed by atoms with Gasteiger partial charge in [-0.2, -0.15) is 8.42 Å². The fourth-order valence-corrected chi connectivity index (χ4v) is 8.65. The molecule has 0 saturated heterocycles. The summed E-state index contributed by atoms with van der Waals surface area (Å²) >= 11 is 3.26. The molecule has 194 valence electrons. The molecule has 1 N–H and O–H groups in total. The van der Waals surface area contributed by atoms with Crippen molar-refractivity contribution in [2.24, 2.45) is 28.6 Å². The average Bonchev–Trinajstić information content (AvgIpc) is 2.98. The Morgan fingerprint density at radius 3 is 2.57 bits per heavy atom. The monoisotopic (exact) mass is 576 g/mol. The van der Waals surface area contributed by atoms with Crippen molar-refractivity contribution in [1.29, 1.82) is 0 Å². The van der Waals surface area contributed by atoms with E-state index in [2.05, 4.69) is 15.9 Å². The van der Waals surface area contributed by atoms with Crippen molar-refractivity contribution in [2.45, 2.75) is 64.3 Å². The average molecular weight is 577 g/mol. The molecule has 0 aliphatic heterocycles. The van der Waals surface area contributed by atoms with Gasteiger partial charge < -0.3 is 9.84 Å². The lowest BCUT2D eigenvalue weighted by molar-refractivity contribution is -0.179. The number of Topliss-reactive ketones (excluding diaryl/α,β-unsaturated/α-hetero) is 1. The van der Waals surface area contributed by atoms with Crippen LogP contribution in [0.15, 0.2) is 22.2 Å². The van der Waals surface area contributed by atoms with Crippen LogP contribution < -0.4 is 0 Å². The van der Waals surface area contributed by atoms with Gasteiger partial charge in [0.15, 0.2) is 12.4 Å². The summed E-state index contributed by atoms with van der Waals surface area (Å²) in [4.78, 5) is 36.7. The van der Waals surface area contributed by atoms with E-state index in [9.17, 15) is 27.9 Å². The van der Waals surface area contributed by atoms with E-state index in [1.54, 1.807) is 19.9 Å². The number of hydrogen-bond acceptors (Lipinski definition) is 8. The molecule has 0 bridgehead atoms. The number of fused-ring (bicyclic) bond motifs is 5. The lowest BCUT2D eigenvalue weighted by atomic mass is 9.46. The predicted molar refractivity (Wildman–Crippen MR) is 126 cm³/mol. The molecule has 8 atom stereocenters. The zero-order valence-corrected chi connectivity index (χ0v) is 22.4. The zero-order valence-electron chi connectivity index (χ0n) is 20.0. The molecule has 0 unspecified atom stereocenters. The summed E-state index contributed by atoms with van der Waals surface area (Å²) in [5.74, 6) is -2.95. The van der Waals surface area contributed by atoms with Crippen molar-refractivity contribution in [1.82, 2.24) is 0 Å². The molecule has 0 heterocycles. The number of ether oxygens (including phenoxy) is 1. The first-order valence-electron chi connectivity index (χ1n) is 11.6. The third-order valence-corrected chi connectivity index (χ3v) is 10.0. The van der Waals surface area contributed by atoms with Gasteiger partial charge in [0.2, 0.25) is 5.78 Å². The van der Waals surface area contributed by atoms with Crippen molar-refractivity contribution >= 4 is 43.6 Å². The van der Waals surface area contributed by atoms with Crippen molar-refractivity contribution in [3.05, 3.63) is 22.2 Å². The maximum absolute atomic E-state index is 15.6. The van der Waals surface area contributed by atoms with Crippen LogP contribution in [-0.2, 0) is 33.4 Å². The molecule has 0 amide bonds. The van der Waals surface area contributed by atoms with Crippen LogP contribution in [0, 0.1) is 28.6 Å². The molecule has 3 saturated carbocycles. The van der Waals surface area contributed by atoms with E-state index < -0.39 is 69.0 Å². The number of carbonyl (C=O) groups excluding carboxylic acids is 3. The summed E-state index contributed by atoms with van der Waals surface area (Å²) in [5.41, 5.74) is -3.74.